The van der Waals surface area contributed by atoms with E-state index in [1.807, 2.05) is 45.0 Å². The molecule has 150 valence electrons. The number of aromatic amines is 1. The van der Waals surface area contributed by atoms with Crippen molar-refractivity contribution >= 4 is 17.9 Å². The number of aryl methyl sites for hydroxylation is 2. The maximum absolute atomic E-state index is 12.7. The Morgan fingerprint density at radius 2 is 1.79 bits per heavy atom. The number of esters is 1. The highest BCUT2D eigenvalue weighted by atomic mass is 16.5. The fourth-order valence-electron chi connectivity index (χ4n) is 2.80. The van der Waals surface area contributed by atoms with E-state index in [4.69, 9.17) is 4.74 Å². The van der Waals surface area contributed by atoms with Gasteiger partial charge in [0.2, 0.25) is 0 Å². The predicted octanol–water partition coefficient (Wildman–Crippen LogP) is 4.49. The highest BCUT2D eigenvalue weighted by Gasteiger charge is 2.11. The number of hydrogen-bond acceptors (Lipinski definition) is 4. The summed E-state index contributed by atoms with van der Waals surface area (Å²) in [5, 5.41) is 3.09. The highest BCUT2D eigenvalue weighted by Crippen LogP contribution is 2.15. The summed E-state index contributed by atoms with van der Waals surface area (Å²) in [6.45, 7) is 6.31. The molecule has 0 unspecified atom stereocenters. The summed E-state index contributed by atoms with van der Waals surface area (Å²) >= 11 is 0. The summed E-state index contributed by atoms with van der Waals surface area (Å²) in [6, 6.07) is 14.5. The van der Waals surface area contributed by atoms with Gasteiger partial charge in [0, 0.05) is 11.9 Å². The molecule has 0 bridgehead atoms. The number of unbranched alkanes of at least 4 members (excludes halogenated alkanes) is 1. The molecule has 0 aliphatic heterocycles. The lowest BCUT2D eigenvalue weighted by atomic mass is 10.2. The predicted molar refractivity (Wildman–Crippen MR) is 115 cm³/mol. The lowest BCUT2D eigenvalue weighted by molar-refractivity contribution is 0.0500. The van der Waals surface area contributed by atoms with Gasteiger partial charge in [0.15, 0.2) is 0 Å². The molecule has 1 N–H and O–H groups in total. The number of benzene rings is 2. The van der Waals surface area contributed by atoms with E-state index < -0.39 is 0 Å². The van der Waals surface area contributed by atoms with Crippen molar-refractivity contribution in [2.45, 2.75) is 33.6 Å². The number of hydrogen-bond donors (Lipinski definition) is 1. The summed E-state index contributed by atoms with van der Waals surface area (Å²) in [6.07, 6.45) is 3.38. The van der Waals surface area contributed by atoms with Crippen molar-refractivity contribution in [3.63, 3.8) is 0 Å². The van der Waals surface area contributed by atoms with Gasteiger partial charge in [-0.05, 0) is 56.7 Å². The Balaban J connectivity index is 1.75. The normalized spacial score (nSPS) is 11.1. The van der Waals surface area contributed by atoms with Gasteiger partial charge in [0.05, 0.1) is 29.1 Å². The van der Waals surface area contributed by atoms with E-state index >= 15 is 0 Å². The Labute approximate surface area is 169 Å². The molecular formula is C23H25N3O3. The average Bonchev–Trinajstić information content (AvgIpc) is 3.01. The van der Waals surface area contributed by atoms with Crippen molar-refractivity contribution in [2.24, 2.45) is 4.99 Å². The Kier molecular flexibility index (Phi) is 6.44. The fraction of sp³-hybridized carbons (Fsp3) is 0.261. The van der Waals surface area contributed by atoms with Gasteiger partial charge >= 0.3 is 5.97 Å². The van der Waals surface area contributed by atoms with Crippen molar-refractivity contribution in [2.75, 3.05) is 6.61 Å². The molecule has 0 aliphatic carbocycles. The second-order valence-electron chi connectivity index (χ2n) is 6.92. The number of nitrogens with one attached hydrogen (secondary N) is 1. The number of rotatable bonds is 7. The number of aliphatic imine (C=N–C) groups is 1. The van der Waals surface area contributed by atoms with Crippen LogP contribution in [0.5, 0.6) is 0 Å². The molecule has 3 aromatic rings. The van der Waals surface area contributed by atoms with Gasteiger partial charge in [-0.25, -0.2) is 9.48 Å². The zero-order valence-electron chi connectivity index (χ0n) is 16.9. The maximum Gasteiger partial charge on any atom is 0.338 e. The van der Waals surface area contributed by atoms with Gasteiger partial charge < -0.3 is 4.74 Å². The van der Waals surface area contributed by atoms with Crippen molar-refractivity contribution < 1.29 is 9.53 Å². The second-order valence-corrected chi connectivity index (χ2v) is 6.92. The van der Waals surface area contributed by atoms with Crippen LogP contribution in [0.2, 0.25) is 0 Å². The van der Waals surface area contributed by atoms with Gasteiger partial charge in [-0.2, -0.15) is 0 Å². The van der Waals surface area contributed by atoms with Crippen molar-refractivity contribution in [1.29, 1.82) is 0 Å². The summed E-state index contributed by atoms with van der Waals surface area (Å²) in [5.74, 6) is -0.337. The van der Waals surface area contributed by atoms with Gasteiger partial charge in [0.25, 0.3) is 5.56 Å². The summed E-state index contributed by atoms with van der Waals surface area (Å²) in [5.41, 5.74) is 4.10. The summed E-state index contributed by atoms with van der Waals surface area (Å²) in [7, 11) is 0. The molecule has 0 radical (unpaired) electrons. The van der Waals surface area contributed by atoms with Crippen LogP contribution in [0.4, 0.5) is 5.69 Å². The third-order valence-electron chi connectivity index (χ3n) is 4.59. The Morgan fingerprint density at radius 1 is 1.10 bits per heavy atom. The molecule has 6 nitrogen and oxygen atoms in total. The van der Waals surface area contributed by atoms with Gasteiger partial charge in [-0.1, -0.05) is 31.0 Å². The molecule has 0 aliphatic rings. The molecule has 0 saturated heterocycles. The zero-order chi connectivity index (χ0) is 20.8. The van der Waals surface area contributed by atoms with Crippen LogP contribution in [-0.4, -0.2) is 28.6 Å². The topological polar surface area (TPSA) is 76.4 Å². The quantitative estimate of drug-likeness (QED) is 0.366. The largest absolute Gasteiger partial charge is 0.462 e. The number of nitrogens with zero attached hydrogens (tertiary/aromatic N) is 2. The maximum atomic E-state index is 12.7. The van der Waals surface area contributed by atoms with Crippen LogP contribution in [0.25, 0.3) is 5.69 Å². The van der Waals surface area contributed by atoms with Gasteiger partial charge in [-0.15, -0.1) is 0 Å². The minimum absolute atomic E-state index is 0.161. The first-order valence-electron chi connectivity index (χ1n) is 9.69. The molecule has 1 heterocycles. The second kappa shape index (κ2) is 9.19. The van der Waals surface area contributed by atoms with Crippen LogP contribution in [-0.2, 0) is 4.74 Å². The smallest absolute Gasteiger partial charge is 0.338 e. The SMILES string of the molecule is CCCCOC(=O)c1ccc(N=Cc2c(C)[nH]n(-c3ccc(C)cc3)c2=O)cc1. The molecule has 3 rings (SSSR count). The van der Waals surface area contributed by atoms with Crippen LogP contribution < -0.4 is 5.56 Å². The number of carbonyl (C=O) groups excluding carboxylic acids is 1. The Bertz CT molecular complexity index is 1060. The van der Waals surface area contributed by atoms with E-state index in [9.17, 15) is 9.59 Å². The number of ether oxygens (including phenoxy) is 1. The third kappa shape index (κ3) is 4.90. The van der Waals surface area contributed by atoms with E-state index in [0.717, 1.165) is 29.8 Å². The first-order chi connectivity index (χ1) is 14.0. The first-order valence-corrected chi connectivity index (χ1v) is 9.69. The minimum Gasteiger partial charge on any atom is -0.462 e. The van der Waals surface area contributed by atoms with Crippen molar-refractivity contribution in [3.05, 3.63) is 81.3 Å². The van der Waals surface area contributed by atoms with Crippen LogP contribution in [0.1, 0.15) is 46.9 Å². The van der Waals surface area contributed by atoms with Gasteiger partial charge in [-0.3, -0.25) is 14.9 Å². The van der Waals surface area contributed by atoms with Gasteiger partial charge in [0.1, 0.15) is 0 Å². The van der Waals surface area contributed by atoms with E-state index in [1.54, 1.807) is 30.5 Å². The molecule has 29 heavy (non-hydrogen) atoms. The number of aromatic nitrogens is 2. The number of carbonyl (C=O) groups is 1. The van der Waals surface area contributed by atoms with Crippen LogP contribution in [0.15, 0.2) is 58.3 Å². The molecule has 2 aromatic carbocycles. The van der Waals surface area contributed by atoms with Crippen molar-refractivity contribution in [1.82, 2.24) is 9.78 Å². The molecule has 0 atom stereocenters. The lowest BCUT2D eigenvalue weighted by Crippen LogP contribution is -2.17. The summed E-state index contributed by atoms with van der Waals surface area (Å²) in [4.78, 5) is 29.1. The minimum atomic E-state index is -0.337. The van der Waals surface area contributed by atoms with E-state index in [0.29, 0.717) is 23.4 Å². The van der Waals surface area contributed by atoms with Crippen LogP contribution >= 0.6 is 0 Å². The molecule has 1 aromatic heterocycles. The van der Waals surface area contributed by atoms with Crippen molar-refractivity contribution in [3.8, 4) is 5.69 Å². The Morgan fingerprint density at radius 3 is 2.45 bits per heavy atom. The monoisotopic (exact) mass is 391 g/mol. The fourth-order valence-corrected chi connectivity index (χ4v) is 2.80. The van der Waals surface area contributed by atoms with E-state index in [-0.39, 0.29) is 11.5 Å². The molecule has 6 heteroatoms. The van der Waals surface area contributed by atoms with Crippen LogP contribution in [0, 0.1) is 13.8 Å². The van der Waals surface area contributed by atoms with E-state index in [2.05, 4.69) is 10.1 Å². The van der Waals surface area contributed by atoms with E-state index in [1.165, 1.54) is 4.68 Å². The standard InChI is InChI=1S/C23H25N3O3/c1-4-5-14-29-23(28)18-8-10-19(11-9-18)24-15-21-17(3)25-26(22(21)27)20-12-6-16(2)7-13-20/h6-13,15,25H,4-5,14H2,1-3H3. The lowest BCUT2D eigenvalue weighted by Gasteiger charge is -2.03. The third-order valence-corrected chi connectivity index (χ3v) is 4.59. The molecule has 0 fully saturated rings. The zero-order valence-corrected chi connectivity index (χ0v) is 16.9. The molecule has 0 spiro atoms. The molecule has 0 saturated carbocycles. The highest BCUT2D eigenvalue weighted by molar-refractivity contribution is 5.90. The summed E-state index contributed by atoms with van der Waals surface area (Å²) < 4.78 is 6.70. The Hall–Kier alpha value is -3.41. The molecular weight excluding hydrogens is 366 g/mol. The molecule has 0 amide bonds. The average molecular weight is 391 g/mol. The van der Waals surface area contributed by atoms with Crippen LogP contribution in [0.3, 0.4) is 0 Å². The first kappa shape index (κ1) is 20.3. The number of H-pyrrole nitrogens is 1.